The summed E-state index contributed by atoms with van der Waals surface area (Å²) in [6.45, 7) is 9.66. The number of allylic oxidation sites excluding steroid dienone is 3. The van der Waals surface area contributed by atoms with Crippen LogP contribution < -0.4 is 10.1 Å². The minimum atomic E-state index is -0.911. The number of hydrogen-bond acceptors (Lipinski definition) is 7. The van der Waals surface area contributed by atoms with Crippen molar-refractivity contribution in [2.45, 2.75) is 53.1 Å². The van der Waals surface area contributed by atoms with E-state index >= 15 is 0 Å². The molecule has 1 N–H and O–H groups in total. The Labute approximate surface area is 188 Å². The summed E-state index contributed by atoms with van der Waals surface area (Å²) in [5.41, 5.74) is 2.92. The monoisotopic (exact) mass is 441 g/mol. The van der Waals surface area contributed by atoms with E-state index in [-0.39, 0.29) is 17.8 Å². The Kier molecular flexibility index (Phi) is 7.06. The first-order valence-corrected chi connectivity index (χ1v) is 11.0. The summed E-state index contributed by atoms with van der Waals surface area (Å²) in [5, 5.41) is 3.25. The second-order valence-corrected chi connectivity index (χ2v) is 8.49. The lowest BCUT2D eigenvalue weighted by atomic mass is 9.69. The van der Waals surface area contributed by atoms with Gasteiger partial charge in [0.15, 0.2) is 5.78 Å². The van der Waals surface area contributed by atoms with Crippen LogP contribution in [0.15, 0.2) is 46.8 Å². The lowest BCUT2D eigenvalue weighted by Crippen LogP contribution is -2.43. The minimum absolute atomic E-state index is 0.223. The highest BCUT2D eigenvalue weighted by molar-refractivity contribution is 6.12. The second kappa shape index (κ2) is 9.59. The first kappa shape index (κ1) is 23.6. The molecule has 3 rings (SSSR count). The van der Waals surface area contributed by atoms with Crippen LogP contribution in [0.4, 0.5) is 0 Å². The van der Waals surface area contributed by atoms with Gasteiger partial charge < -0.3 is 19.5 Å². The smallest absolute Gasteiger partial charge is 0.337 e. The molecule has 0 unspecified atom stereocenters. The van der Waals surface area contributed by atoms with Gasteiger partial charge in [-0.3, -0.25) is 9.59 Å². The predicted molar refractivity (Wildman–Crippen MR) is 119 cm³/mol. The van der Waals surface area contributed by atoms with Gasteiger partial charge in [-0.2, -0.15) is 0 Å². The van der Waals surface area contributed by atoms with Crippen LogP contribution in [0, 0.1) is 11.8 Å². The number of rotatable bonds is 6. The van der Waals surface area contributed by atoms with Crippen LogP contribution in [0.3, 0.4) is 0 Å². The topological polar surface area (TPSA) is 90.9 Å². The van der Waals surface area contributed by atoms with E-state index in [1.54, 1.807) is 13.8 Å². The highest BCUT2D eigenvalue weighted by atomic mass is 16.5. The number of methoxy groups -OCH3 is 1. The minimum Gasteiger partial charge on any atom is -0.494 e. The molecule has 0 saturated heterocycles. The molecule has 2 aliphatic rings. The van der Waals surface area contributed by atoms with Crippen molar-refractivity contribution in [3.05, 3.63) is 52.4 Å². The molecular formula is C25H31NO6. The van der Waals surface area contributed by atoms with Gasteiger partial charge in [-0.1, -0.05) is 19.1 Å². The van der Waals surface area contributed by atoms with Gasteiger partial charge in [-0.25, -0.2) is 4.79 Å². The Balaban J connectivity index is 2.15. The number of dihydropyridines is 1. The zero-order valence-corrected chi connectivity index (χ0v) is 19.5. The molecule has 0 radical (unpaired) electrons. The molecule has 0 amide bonds. The third-order valence-electron chi connectivity index (χ3n) is 5.83. The van der Waals surface area contributed by atoms with E-state index in [0.29, 0.717) is 35.6 Å². The number of esters is 2. The normalized spacial score (nSPS) is 23.0. The SMILES string of the molecule is CCOc1ccc([C@H]2C(C(=O)OC(C)C)=C(C)NC3=C2C(=O)[C@H](C(=O)OC)[C@@H](C)C3)cc1. The summed E-state index contributed by atoms with van der Waals surface area (Å²) in [6.07, 6.45) is 0.183. The Morgan fingerprint density at radius 3 is 2.41 bits per heavy atom. The summed E-state index contributed by atoms with van der Waals surface area (Å²) < 4.78 is 16.0. The molecular weight excluding hydrogens is 410 g/mol. The van der Waals surface area contributed by atoms with Crippen LogP contribution >= 0.6 is 0 Å². The van der Waals surface area contributed by atoms with Gasteiger partial charge in [-0.05, 0) is 57.7 Å². The van der Waals surface area contributed by atoms with Crippen molar-refractivity contribution >= 4 is 17.7 Å². The molecule has 3 atom stereocenters. The molecule has 1 aliphatic carbocycles. The molecule has 1 aliphatic heterocycles. The number of nitrogens with one attached hydrogen (secondary N) is 1. The standard InChI is InChI=1S/C25H31NO6/c1-7-31-17-10-8-16(9-11-17)21-20(25(29)32-13(2)3)15(5)26-18-12-14(4)19(24(28)30-6)23(27)22(18)21/h8-11,13-14,19,21,26H,7,12H2,1-6H3/t14-,19+,21-/m0/s1. The number of Topliss-reactive ketones (excluding diaryl/α,β-unsaturated/α-hetero) is 1. The molecule has 0 aromatic heterocycles. The first-order chi connectivity index (χ1) is 15.2. The number of ketones is 1. The maximum absolute atomic E-state index is 13.6. The molecule has 0 fully saturated rings. The second-order valence-electron chi connectivity index (χ2n) is 8.49. The molecule has 7 heteroatoms. The third-order valence-corrected chi connectivity index (χ3v) is 5.83. The van der Waals surface area contributed by atoms with Gasteiger partial charge >= 0.3 is 11.9 Å². The van der Waals surface area contributed by atoms with Crippen molar-refractivity contribution in [3.8, 4) is 5.75 Å². The zero-order valence-electron chi connectivity index (χ0n) is 19.5. The number of hydrogen-bond donors (Lipinski definition) is 1. The molecule has 1 aromatic rings. The first-order valence-electron chi connectivity index (χ1n) is 11.0. The van der Waals surface area contributed by atoms with E-state index in [1.807, 2.05) is 45.0 Å². The van der Waals surface area contributed by atoms with Crippen molar-refractivity contribution in [1.82, 2.24) is 5.32 Å². The highest BCUT2D eigenvalue weighted by Crippen LogP contribution is 2.45. The third kappa shape index (κ3) is 4.42. The van der Waals surface area contributed by atoms with Crippen LogP contribution in [0.1, 0.15) is 52.5 Å². The maximum Gasteiger partial charge on any atom is 0.337 e. The van der Waals surface area contributed by atoms with Gasteiger partial charge in [0.1, 0.15) is 11.7 Å². The summed E-state index contributed by atoms with van der Waals surface area (Å²) in [7, 11) is 1.28. The molecule has 0 saturated carbocycles. The quantitative estimate of drug-likeness (QED) is 0.532. The molecule has 0 bridgehead atoms. The van der Waals surface area contributed by atoms with Crippen molar-refractivity contribution in [1.29, 1.82) is 0 Å². The van der Waals surface area contributed by atoms with Crippen molar-refractivity contribution in [3.63, 3.8) is 0 Å². The molecule has 1 aromatic carbocycles. The summed E-state index contributed by atoms with van der Waals surface area (Å²) >= 11 is 0. The van der Waals surface area contributed by atoms with Crippen LogP contribution in [0.2, 0.25) is 0 Å². The van der Waals surface area contributed by atoms with E-state index in [9.17, 15) is 14.4 Å². The van der Waals surface area contributed by atoms with E-state index in [2.05, 4.69) is 5.32 Å². The highest BCUT2D eigenvalue weighted by Gasteiger charge is 2.47. The molecule has 172 valence electrons. The maximum atomic E-state index is 13.6. The van der Waals surface area contributed by atoms with Crippen molar-refractivity contribution < 1.29 is 28.6 Å². The fourth-order valence-electron chi connectivity index (χ4n) is 4.49. The van der Waals surface area contributed by atoms with Gasteiger partial charge in [0.05, 0.1) is 25.4 Å². The van der Waals surface area contributed by atoms with Crippen LogP contribution in [0.25, 0.3) is 0 Å². The van der Waals surface area contributed by atoms with Crippen LogP contribution in [-0.2, 0) is 23.9 Å². The fraction of sp³-hybridized carbons (Fsp3) is 0.480. The largest absolute Gasteiger partial charge is 0.494 e. The van der Waals surface area contributed by atoms with Crippen molar-refractivity contribution in [2.75, 3.05) is 13.7 Å². The average Bonchev–Trinajstić information content (AvgIpc) is 2.72. The van der Waals surface area contributed by atoms with Gasteiger partial charge in [0, 0.05) is 22.9 Å². The van der Waals surface area contributed by atoms with E-state index in [4.69, 9.17) is 14.2 Å². The summed E-state index contributed by atoms with van der Waals surface area (Å²) in [6, 6.07) is 7.32. The summed E-state index contributed by atoms with van der Waals surface area (Å²) in [4.78, 5) is 39.2. The predicted octanol–water partition coefficient (Wildman–Crippen LogP) is 3.65. The lowest BCUT2D eigenvalue weighted by molar-refractivity contribution is -0.151. The average molecular weight is 442 g/mol. The van der Waals surface area contributed by atoms with E-state index in [0.717, 1.165) is 11.3 Å². The molecule has 32 heavy (non-hydrogen) atoms. The van der Waals surface area contributed by atoms with Crippen LogP contribution in [-0.4, -0.2) is 37.5 Å². The Morgan fingerprint density at radius 2 is 1.84 bits per heavy atom. The van der Waals surface area contributed by atoms with Gasteiger partial charge in [0.25, 0.3) is 0 Å². The number of carbonyl (C=O) groups is 3. The number of carbonyl (C=O) groups excluding carboxylic acids is 3. The van der Waals surface area contributed by atoms with E-state index < -0.39 is 23.8 Å². The van der Waals surface area contributed by atoms with Gasteiger partial charge in [-0.15, -0.1) is 0 Å². The fourth-order valence-corrected chi connectivity index (χ4v) is 4.49. The molecule has 0 spiro atoms. The number of benzene rings is 1. The zero-order chi connectivity index (χ0) is 23.6. The van der Waals surface area contributed by atoms with Crippen LogP contribution in [0.5, 0.6) is 5.75 Å². The van der Waals surface area contributed by atoms with E-state index in [1.165, 1.54) is 7.11 Å². The summed E-state index contributed by atoms with van der Waals surface area (Å²) in [5.74, 6) is -2.46. The lowest BCUT2D eigenvalue weighted by Gasteiger charge is -2.38. The van der Waals surface area contributed by atoms with Crippen molar-refractivity contribution in [2.24, 2.45) is 11.8 Å². The molecule has 1 heterocycles. The molecule has 7 nitrogen and oxygen atoms in total. The van der Waals surface area contributed by atoms with Gasteiger partial charge in [0.2, 0.25) is 0 Å². The Hall–Kier alpha value is -3.09. The Morgan fingerprint density at radius 1 is 1.19 bits per heavy atom. The number of ether oxygens (including phenoxy) is 3. The Bertz CT molecular complexity index is 973.